The Morgan fingerprint density at radius 2 is 2.19 bits per heavy atom. The number of aryl methyl sites for hydroxylation is 2. The first kappa shape index (κ1) is 17.9. The zero-order valence-corrected chi connectivity index (χ0v) is 15.1. The van der Waals surface area contributed by atoms with Crippen LogP contribution in [-0.2, 0) is 11.8 Å². The van der Waals surface area contributed by atoms with Crippen molar-refractivity contribution in [1.82, 2.24) is 14.8 Å². The molecule has 0 radical (unpaired) electrons. The molecule has 0 aliphatic rings. The molecule has 2 heterocycles. The molecule has 2 aromatic heterocycles. The minimum absolute atomic E-state index is 0.227. The highest BCUT2D eigenvalue weighted by atomic mass is 16.5. The SMILES string of the molecule is CCOC(=O)c1cnc2c(C)cccc2c1NCC(O)c1cnn(C)c1. The van der Waals surface area contributed by atoms with Crippen LogP contribution in [-0.4, -0.2) is 39.0 Å². The number of pyridine rings is 1. The van der Waals surface area contributed by atoms with E-state index in [0.29, 0.717) is 16.8 Å². The van der Waals surface area contributed by atoms with E-state index < -0.39 is 12.1 Å². The number of aliphatic hydroxyl groups is 1. The molecule has 0 bridgehead atoms. The Bertz CT molecular complexity index is 936. The van der Waals surface area contributed by atoms with Crippen LogP contribution in [0.2, 0.25) is 0 Å². The van der Waals surface area contributed by atoms with Gasteiger partial charge in [0.1, 0.15) is 5.56 Å². The van der Waals surface area contributed by atoms with E-state index in [1.54, 1.807) is 31.0 Å². The van der Waals surface area contributed by atoms with Gasteiger partial charge in [-0.3, -0.25) is 9.67 Å². The Morgan fingerprint density at radius 3 is 2.88 bits per heavy atom. The highest BCUT2D eigenvalue weighted by Gasteiger charge is 2.18. The molecule has 0 amide bonds. The fraction of sp³-hybridized carbons (Fsp3) is 0.316. The number of esters is 1. The lowest BCUT2D eigenvalue weighted by molar-refractivity contribution is 0.0527. The van der Waals surface area contributed by atoms with Gasteiger partial charge in [0.15, 0.2) is 0 Å². The number of para-hydroxylation sites is 1. The quantitative estimate of drug-likeness (QED) is 0.662. The fourth-order valence-electron chi connectivity index (χ4n) is 2.85. The first-order valence-electron chi connectivity index (χ1n) is 8.47. The van der Waals surface area contributed by atoms with Crippen molar-refractivity contribution in [3.8, 4) is 0 Å². The maximum Gasteiger partial charge on any atom is 0.341 e. The van der Waals surface area contributed by atoms with E-state index in [4.69, 9.17) is 4.74 Å². The summed E-state index contributed by atoms with van der Waals surface area (Å²) in [5.74, 6) is -0.443. The van der Waals surface area contributed by atoms with E-state index >= 15 is 0 Å². The smallest absolute Gasteiger partial charge is 0.341 e. The highest BCUT2D eigenvalue weighted by molar-refractivity contribution is 6.05. The van der Waals surface area contributed by atoms with Gasteiger partial charge in [-0.15, -0.1) is 0 Å². The molecule has 0 aliphatic heterocycles. The molecule has 7 nitrogen and oxygen atoms in total. The lowest BCUT2D eigenvalue weighted by atomic mass is 10.1. The summed E-state index contributed by atoms with van der Waals surface area (Å²) in [5, 5.41) is 18.5. The zero-order chi connectivity index (χ0) is 18.7. The van der Waals surface area contributed by atoms with E-state index in [1.807, 2.05) is 25.1 Å². The summed E-state index contributed by atoms with van der Waals surface area (Å²) in [6.07, 6.45) is 4.14. The van der Waals surface area contributed by atoms with E-state index in [9.17, 15) is 9.90 Å². The van der Waals surface area contributed by atoms with Gasteiger partial charge in [0.05, 0.1) is 30.1 Å². The molecule has 2 N–H and O–H groups in total. The summed E-state index contributed by atoms with van der Waals surface area (Å²) in [7, 11) is 1.79. The van der Waals surface area contributed by atoms with Gasteiger partial charge in [-0.05, 0) is 19.4 Å². The third kappa shape index (κ3) is 3.52. The number of fused-ring (bicyclic) bond motifs is 1. The van der Waals surface area contributed by atoms with Crippen LogP contribution in [0.15, 0.2) is 36.8 Å². The molecular formula is C19H22N4O3. The van der Waals surface area contributed by atoms with E-state index in [-0.39, 0.29) is 13.2 Å². The fourth-order valence-corrected chi connectivity index (χ4v) is 2.85. The van der Waals surface area contributed by atoms with Crippen LogP contribution in [0, 0.1) is 6.92 Å². The molecule has 0 saturated carbocycles. The number of hydrogen-bond acceptors (Lipinski definition) is 6. The molecule has 3 aromatic rings. The van der Waals surface area contributed by atoms with Crippen molar-refractivity contribution in [3.05, 3.63) is 53.5 Å². The summed E-state index contributed by atoms with van der Waals surface area (Å²) in [6, 6.07) is 5.78. The van der Waals surface area contributed by atoms with E-state index in [0.717, 1.165) is 16.5 Å². The Hall–Kier alpha value is -2.93. The Morgan fingerprint density at radius 1 is 1.38 bits per heavy atom. The molecule has 1 unspecified atom stereocenters. The number of nitrogens with one attached hydrogen (secondary N) is 1. The lowest BCUT2D eigenvalue weighted by Gasteiger charge is -2.17. The van der Waals surface area contributed by atoms with Gasteiger partial charge in [-0.2, -0.15) is 5.10 Å². The largest absolute Gasteiger partial charge is 0.462 e. The van der Waals surface area contributed by atoms with Gasteiger partial charge in [0.2, 0.25) is 0 Å². The first-order chi connectivity index (χ1) is 12.5. The summed E-state index contributed by atoms with van der Waals surface area (Å²) in [5.41, 5.74) is 3.48. The number of rotatable bonds is 6. The Balaban J connectivity index is 1.96. The van der Waals surface area contributed by atoms with E-state index in [2.05, 4.69) is 15.4 Å². The van der Waals surface area contributed by atoms with Gasteiger partial charge < -0.3 is 15.2 Å². The molecular weight excluding hydrogens is 332 g/mol. The number of ether oxygens (including phenoxy) is 1. The molecule has 0 fully saturated rings. The van der Waals surface area contributed by atoms with Crippen LogP contribution in [0.5, 0.6) is 0 Å². The summed E-state index contributed by atoms with van der Waals surface area (Å²) >= 11 is 0. The van der Waals surface area contributed by atoms with Crippen LogP contribution in [0.4, 0.5) is 5.69 Å². The van der Waals surface area contributed by atoms with Crippen molar-refractivity contribution in [2.45, 2.75) is 20.0 Å². The molecule has 1 aromatic carbocycles. The summed E-state index contributed by atoms with van der Waals surface area (Å²) < 4.78 is 6.78. The molecule has 7 heteroatoms. The second kappa shape index (κ2) is 7.53. The van der Waals surface area contributed by atoms with Crippen LogP contribution in [0.25, 0.3) is 10.9 Å². The number of anilines is 1. The average Bonchev–Trinajstić information content (AvgIpc) is 3.06. The van der Waals surface area contributed by atoms with Crippen LogP contribution >= 0.6 is 0 Å². The standard InChI is InChI=1S/C19H22N4O3/c1-4-26-19(25)15-9-20-17-12(2)6-5-7-14(17)18(15)21-10-16(24)13-8-22-23(3)11-13/h5-9,11,16,24H,4,10H2,1-3H3,(H,20,21). The maximum absolute atomic E-state index is 12.3. The van der Waals surface area contributed by atoms with Crippen molar-refractivity contribution in [3.63, 3.8) is 0 Å². The lowest BCUT2D eigenvalue weighted by Crippen LogP contribution is -2.16. The monoisotopic (exact) mass is 354 g/mol. The van der Waals surface area contributed by atoms with Gasteiger partial charge in [-0.1, -0.05) is 18.2 Å². The van der Waals surface area contributed by atoms with Gasteiger partial charge in [0.25, 0.3) is 0 Å². The van der Waals surface area contributed by atoms with Gasteiger partial charge >= 0.3 is 5.97 Å². The zero-order valence-electron chi connectivity index (χ0n) is 15.1. The van der Waals surface area contributed by atoms with Crippen LogP contribution in [0.3, 0.4) is 0 Å². The number of hydrogen-bond donors (Lipinski definition) is 2. The van der Waals surface area contributed by atoms with Crippen LogP contribution in [0.1, 0.15) is 34.5 Å². The maximum atomic E-state index is 12.3. The molecule has 3 rings (SSSR count). The van der Waals surface area contributed by atoms with Crippen molar-refractivity contribution in [1.29, 1.82) is 0 Å². The summed E-state index contributed by atoms with van der Waals surface area (Å²) in [6.45, 7) is 4.23. The number of benzene rings is 1. The topological polar surface area (TPSA) is 89.3 Å². The molecule has 1 atom stereocenters. The Kier molecular flexibility index (Phi) is 5.18. The van der Waals surface area contributed by atoms with Crippen molar-refractivity contribution < 1.29 is 14.6 Å². The summed E-state index contributed by atoms with van der Waals surface area (Å²) in [4.78, 5) is 16.8. The predicted molar refractivity (Wildman–Crippen MR) is 99.1 cm³/mol. The molecule has 26 heavy (non-hydrogen) atoms. The number of aromatic nitrogens is 3. The molecule has 0 spiro atoms. The molecule has 0 aliphatic carbocycles. The minimum atomic E-state index is -0.758. The van der Waals surface area contributed by atoms with Crippen LogP contribution < -0.4 is 5.32 Å². The third-order valence-electron chi connectivity index (χ3n) is 4.18. The van der Waals surface area contributed by atoms with Gasteiger partial charge in [-0.25, -0.2) is 4.79 Å². The first-order valence-corrected chi connectivity index (χ1v) is 8.47. The predicted octanol–water partition coefficient (Wildman–Crippen LogP) is 2.60. The third-order valence-corrected chi connectivity index (χ3v) is 4.18. The second-order valence-corrected chi connectivity index (χ2v) is 6.08. The normalized spacial score (nSPS) is 12.2. The molecule has 136 valence electrons. The molecule has 0 saturated heterocycles. The van der Waals surface area contributed by atoms with Crippen molar-refractivity contribution in [2.24, 2.45) is 7.05 Å². The average molecular weight is 354 g/mol. The number of carbonyl (C=O) groups is 1. The number of aliphatic hydroxyl groups excluding tert-OH is 1. The second-order valence-electron chi connectivity index (χ2n) is 6.08. The van der Waals surface area contributed by atoms with Crippen molar-refractivity contribution in [2.75, 3.05) is 18.5 Å². The van der Waals surface area contributed by atoms with E-state index in [1.165, 1.54) is 6.20 Å². The minimum Gasteiger partial charge on any atom is -0.462 e. The number of carbonyl (C=O) groups excluding carboxylic acids is 1. The number of nitrogens with zero attached hydrogens (tertiary/aromatic N) is 3. The highest BCUT2D eigenvalue weighted by Crippen LogP contribution is 2.29. The van der Waals surface area contributed by atoms with Gasteiger partial charge in [0, 0.05) is 36.9 Å². The Labute approximate surface area is 151 Å². The van der Waals surface area contributed by atoms with Crippen molar-refractivity contribution >= 4 is 22.6 Å².